The first-order chi connectivity index (χ1) is 8.61. The molecule has 98 valence electrons. The predicted octanol–water partition coefficient (Wildman–Crippen LogP) is 2.29. The molecule has 0 unspecified atom stereocenters. The molecular weight excluding hydrogens is 246 g/mol. The van der Waals surface area contributed by atoms with Crippen LogP contribution in [0, 0.1) is 0 Å². The van der Waals surface area contributed by atoms with Crippen molar-refractivity contribution in [2.45, 2.75) is 26.8 Å². The molecule has 0 saturated carbocycles. The third-order valence-corrected chi connectivity index (χ3v) is 2.20. The number of hydrazone groups is 1. The fraction of sp³-hybridized carbons (Fsp3) is 0.385. The van der Waals surface area contributed by atoms with Gasteiger partial charge in [-0.1, -0.05) is 0 Å². The highest BCUT2D eigenvalue weighted by Crippen LogP contribution is 2.10. The average Bonchev–Trinajstić information content (AvgIpc) is 2.31. The molecule has 0 atom stereocenters. The number of thiocarbonyl (C=S) groups is 1. The molecule has 1 aromatic rings. The molecule has 0 saturated heterocycles. The second-order valence-corrected chi connectivity index (χ2v) is 4.41. The maximum absolute atomic E-state index is 5.36. The van der Waals surface area contributed by atoms with Crippen molar-refractivity contribution >= 4 is 23.5 Å². The van der Waals surface area contributed by atoms with Crippen LogP contribution in [-0.2, 0) is 0 Å². The number of ether oxygens (including phenoxy) is 1. The topological polar surface area (TPSA) is 45.6 Å². The number of nitrogens with one attached hydrogen (secondary N) is 2. The summed E-state index contributed by atoms with van der Waals surface area (Å²) in [6.07, 6.45) is 1.71. The van der Waals surface area contributed by atoms with Crippen LogP contribution in [0.3, 0.4) is 0 Å². The molecule has 1 rings (SSSR count). The first-order valence-corrected chi connectivity index (χ1v) is 6.35. The number of benzene rings is 1. The fourth-order valence-electron chi connectivity index (χ4n) is 1.28. The Morgan fingerprint density at radius 2 is 2.06 bits per heavy atom. The summed E-state index contributed by atoms with van der Waals surface area (Å²) in [5.74, 6) is 0.861. The standard InChI is InChI=1S/C13H19N3OS/c1-4-17-12-7-5-11(6-8-12)9-14-16-13(18)15-10(2)3/h5-10H,4H2,1-3H3,(H2,15,16,18). The van der Waals surface area contributed by atoms with Crippen molar-refractivity contribution in [2.75, 3.05) is 6.61 Å². The second-order valence-electron chi connectivity index (χ2n) is 4.00. The lowest BCUT2D eigenvalue weighted by Gasteiger charge is -2.09. The Morgan fingerprint density at radius 3 is 2.61 bits per heavy atom. The van der Waals surface area contributed by atoms with Crippen LogP contribution in [0.2, 0.25) is 0 Å². The Balaban J connectivity index is 2.44. The van der Waals surface area contributed by atoms with E-state index in [4.69, 9.17) is 17.0 Å². The summed E-state index contributed by atoms with van der Waals surface area (Å²) in [5.41, 5.74) is 3.75. The predicted molar refractivity (Wildman–Crippen MR) is 79.2 cm³/mol. The molecule has 0 aromatic heterocycles. The minimum absolute atomic E-state index is 0.297. The molecule has 0 bridgehead atoms. The molecule has 0 heterocycles. The van der Waals surface area contributed by atoms with Crippen molar-refractivity contribution in [2.24, 2.45) is 5.10 Å². The number of rotatable bonds is 5. The summed E-state index contributed by atoms with van der Waals surface area (Å²) >= 11 is 5.04. The van der Waals surface area contributed by atoms with Crippen molar-refractivity contribution in [1.82, 2.24) is 10.7 Å². The van der Waals surface area contributed by atoms with E-state index in [1.54, 1.807) is 6.21 Å². The zero-order valence-electron chi connectivity index (χ0n) is 10.9. The molecule has 0 fully saturated rings. The Labute approximate surface area is 113 Å². The smallest absolute Gasteiger partial charge is 0.187 e. The molecule has 1 aromatic carbocycles. The van der Waals surface area contributed by atoms with Crippen LogP contribution in [0.15, 0.2) is 29.4 Å². The number of nitrogens with zero attached hydrogens (tertiary/aromatic N) is 1. The van der Waals surface area contributed by atoms with E-state index in [-0.39, 0.29) is 0 Å². The SMILES string of the molecule is CCOc1ccc(C=NNC(=S)NC(C)C)cc1. The van der Waals surface area contributed by atoms with E-state index < -0.39 is 0 Å². The maximum atomic E-state index is 5.36. The van der Waals surface area contributed by atoms with Crippen molar-refractivity contribution in [3.8, 4) is 5.75 Å². The molecule has 0 aliphatic carbocycles. The zero-order valence-corrected chi connectivity index (χ0v) is 11.8. The highest BCUT2D eigenvalue weighted by Gasteiger charge is 1.95. The summed E-state index contributed by atoms with van der Waals surface area (Å²) in [5, 5.41) is 7.61. The molecule has 4 nitrogen and oxygen atoms in total. The van der Waals surface area contributed by atoms with Crippen LogP contribution in [-0.4, -0.2) is 24.0 Å². The van der Waals surface area contributed by atoms with Crippen molar-refractivity contribution in [3.05, 3.63) is 29.8 Å². The van der Waals surface area contributed by atoms with Crippen LogP contribution >= 0.6 is 12.2 Å². The van der Waals surface area contributed by atoms with Crippen LogP contribution in [0.1, 0.15) is 26.3 Å². The third kappa shape index (κ3) is 5.63. The number of hydrogen-bond acceptors (Lipinski definition) is 3. The Kier molecular flexibility index (Phi) is 6.14. The summed E-state index contributed by atoms with van der Waals surface area (Å²) in [7, 11) is 0. The van der Waals surface area contributed by atoms with Gasteiger partial charge in [0.15, 0.2) is 5.11 Å². The quantitative estimate of drug-likeness (QED) is 0.487. The van der Waals surface area contributed by atoms with Crippen molar-refractivity contribution < 1.29 is 4.74 Å². The highest BCUT2D eigenvalue weighted by molar-refractivity contribution is 7.80. The lowest BCUT2D eigenvalue weighted by atomic mass is 10.2. The average molecular weight is 265 g/mol. The van der Waals surface area contributed by atoms with Gasteiger partial charge in [-0.15, -0.1) is 0 Å². The molecule has 0 spiro atoms. The molecule has 18 heavy (non-hydrogen) atoms. The third-order valence-electron chi connectivity index (χ3n) is 1.99. The first-order valence-electron chi connectivity index (χ1n) is 5.94. The molecule has 2 N–H and O–H groups in total. The van der Waals surface area contributed by atoms with Gasteiger partial charge in [-0.25, -0.2) is 0 Å². The lowest BCUT2D eigenvalue weighted by Crippen LogP contribution is -2.36. The minimum atomic E-state index is 0.297. The summed E-state index contributed by atoms with van der Waals surface area (Å²) in [6, 6.07) is 8.00. The van der Waals surface area contributed by atoms with Crippen LogP contribution in [0.5, 0.6) is 5.75 Å². The summed E-state index contributed by atoms with van der Waals surface area (Å²) in [4.78, 5) is 0. The van der Waals surface area contributed by atoms with E-state index in [1.165, 1.54) is 0 Å². The normalized spacial score (nSPS) is 10.7. The molecule has 0 aliphatic rings. The monoisotopic (exact) mass is 265 g/mol. The van der Waals surface area contributed by atoms with E-state index in [2.05, 4.69) is 15.8 Å². The van der Waals surface area contributed by atoms with Gasteiger partial charge < -0.3 is 10.1 Å². The van der Waals surface area contributed by atoms with Crippen molar-refractivity contribution in [3.63, 3.8) is 0 Å². The van der Waals surface area contributed by atoms with Gasteiger partial charge in [0.2, 0.25) is 0 Å². The van der Waals surface area contributed by atoms with Gasteiger partial charge in [-0.05, 0) is 62.8 Å². The minimum Gasteiger partial charge on any atom is -0.494 e. The summed E-state index contributed by atoms with van der Waals surface area (Å²) in [6.45, 7) is 6.67. The van der Waals surface area contributed by atoms with E-state index in [0.29, 0.717) is 17.8 Å². The van der Waals surface area contributed by atoms with Gasteiger partial charge >= 0.3 is 0 Å². The van der Waals surface area contributed by atoms with Crippen molar-refractivity contribution in [1.29, 1.82) is 0 Å². The van der Waals surface area contributed by atoms with Crippen LogP contribution in [0.4, 0.5) is 0 Å². The van der Waals surface area contributed by atoms with E-state index >= 15 is 0 Å². The second kappa shape index (κ2) is 7.66. The lowest BCUT2D eigenvalue weighted by molar-refractivity contribution is 0.340. The summed E-state index contributed by atoms with van der Waals surface area (Å²) < 4.78 is 5.36. The number of hydrogen-bond donors (Lipinski definition) is 2. The fourth-order valence-corrected chi connectivity index (χ4v) is 1.57. The largest absolute Gasteiger partial charge is 0.494 e. The highest BCUT2D eigenvalue weighted by atomic mass is 32.1. The molecule has 5 heteroatoms. The van der Waals surface area contributed by atoms with Gasteiger partial charge in [0, 0.05) is 6.04 Å². The molecular formula is C13H19N3OS. The van der Waals surface area contributed by atoms with Gasteiger partial charge in [0.25, 0.3) is 0 Å². The Bertz CT molecular complexity index is 401. The van der Waals surface area contributed by atoms with Crippen LogP contribution < -0.4 is 15.5 Å². The molecule has 0 radical (unpaired) electrons. The zero-order chi connectivity index (χ0) is 13.4. The Morgan fingerprint density at radius 1 is 1.39 bits per heavy atom. The Hall–Kier alpha value is -1.62. The van der Waals surface area contributed by atoms with Gasteiger partial charge in [-0.3, -0.25) is 5.43 Å². The van der Waals surface area contributed by atoms with E-state index in [0.717, 1.165) is 11.3 Å². The molecule has 0 amide bonds. The van der Waals surface area contributed by atoms with Gasteiger partial charge in [-0.2, -0.15) is 5.10 Å². The van der Waals surface area contributed by atoms with E-state index in [1.807, 2.05) is 45.0 Å². The van der Waals surface area contributed by atoms with Gasteiger partial charge in [0.1, 0.15) is 5.75 Å². The van der Waals surface area contributed by atoms with E-state index in [9.17, 15) is 0 Å². The van der Waals surface area contributed by atoms with Gasteiger partial charge in [0.05, 0.1) is 12.8 Å². The molecule has 0 aliphatic heterocycles. The first kappa shape index (κ1) is 14.4. The maximum Gasteiger partial charge on any atom is 0.187 e. The van der Waals surface area contributed by atoms with Crippen LogP contribution in [0.25, 0.3) is 0 Å².